The molecule has 0 spiro atoms. The fraction of sp³-hybridized carbons (Fsp3) is 0.167. The summed E-state index contributed by atoms with van der Waals surface area (Å²) < 4.78 is 18.4. The van der Waals surface area contributed by atoms with Crippen molar-refractivity contribution in [1.29, 1.82) is 0 Å². The zero-order valence-electron chi connectivity index (χ0n) is 9.57. The lowest BCUT2D eigenvalue weighted by atomic mass is 10.3. The van der Waals surface area contributed by atoms with E-state index in [1.807, 2.05) is 13.8 Å². The number of aromatic nitrogens is 2. The van der Waals surface area contributed by atoms with Crippen molar-refractivity contribution in [2.45, 2.75) is 13.8 Å². The monoisotopic (exact) mass is 233 g/mol. The lowest BCUT2D eigenvalue weighted by Gasteiger charge is -2.08. The molecule has 2 N–H and O–H groups in total. The van der Waals surface area contributed by atoms with Gasteiger partial charge in [-0.3, -0.25) is 4.98 Å². The smallest absolute Gasteiger partial charge is 0.238 e. The topological polar surface area (TPSA) is 61.0 Å². The van der Waals surface area contributed by atoms with Gasteiger partial charge in [-0.2, -0.15) is 0 Å². The van der Waals surface area contributed by atoms with Crippen molar-refractivity contribution < 1.29 is 9.13 Å². The van der Waals surface area contributed by atoms with Crippen LogP contribution in [0, 0.1) is 19.7 Å². The lowest BCUT2D eigenvalue weighted by Crippen LogP contribution is -1.97. The number of anilines is 1. The zero-order valence-corrected chi connectivity index (χ0v) is 9.57. The largest absolute Gasteiger partial charge is 0.435 e. The van der Waals surface area contributed by atoms with Crippen LogP contribution in [0.3, 0.4) is 0 Å². The van der Waals surface area contributed by atoms with E-state index in [1.165, 1.54) is 24.4 Å². The summed E-state index contributed by atoms with van der Waals surface area (Å²) in [6.45, 7) is 3.67. The average Bonchev–Trinajstić information content (AvgIpc) is 2.29. The normalized spacial score (nSPS) is 10.3. The fourth-order valence-corrected chi connectivity index (χ4v) is 1.28. The Morgan fingerprint density at radius 3 is 2.71 bits per heavy atom. The van der Waals surface area contributed by atoms with Crippen LogP contribution >= 0.6 is 0 Å². The summed E-state index contributed by atoms with van der Waals surface area (Å²) in [6, 6.07) is 3.93. The first-order valence-corrected chi connectivity index (χ1v) is 5.09. The predicted octanol–water partition coefficient (Wildman–Crippen LogP) is 2.61. The molecule has 0 bridgehead atoms. The Bertz CT molecular complexity index is 557. The van der Waals surface area contributed by atoms with Gasteiger partial charge in [0.15, 0.2) is 5.75 Å². The van der Waals surface area contributed by atoms with Crippen molar-refractivity contribution in [3.8, 4) is 11.6 Å². The summed E-state index contributed by atoms with van der Waals surface area (Å²) in [7, 11) is 0. The molecule has 0 aliphatic rings. The molecule has 0 aliphatic heterocycles. The van der Waals surface area contributed by atoms with Gasteiger partial charge in [0.1, 0.15) is 5.82 Å². The van der Waals surface area contributed by atoms with Gasteiger partial charge in [0.2, 0.25) is 5.88 Å². The third-order valence-electron chi connectivity index (χ3n) is 2.36. The molecular formula is C12H12FN3O. The number of nitrogens with zero attached hydrogens (tertiary/aromatic N) is 2. The first-order chi connectivity index (χ1) is 8.06. The van der Waals surface area contributed by atoms with E-state index in [1.54, 1.807) is 0 Å². The summed E-state index contributed by atoms with van der Waals surface area (Å²) in [5, 5.41) is 0. The van der Waals surface area contributed by atoms with Crippen LogP contribution < -0.4 is 10.5 Å². The van der Waals surface area contributed by atoms with Gasteiger partial charge in [-0.05, 0) is 26.0 Å². The first kappa shape index (κ1) is 11.3. The first-order valence-electron chi connectivity index (χ1n) is 5.09. The second-order valence-electron chi connectivity index (χ2n) is 3.66. The molecule has 0 unspecified atom stereocenters. The maximum atomic E-state index is 13.0. The summed E-state index contributed by atoms with van der Waals surface area (Å²) in [5.74, 6) is 0.124. The molecule has 5 heteroatoms. The average molecular weight is 233 g/mol. The van der Waals surface area contributed by atoms with E-state index >= 15 is 0 Å². The predicted molar refractivity (Wildman–Crippen MR) is 62.4 cm³/mol. The van der Waals surface area contributed by atoms with Gasteiger partial charge in [0, 0.05) is 6.07 Å². The van der Waals surface area contributed by atoms with Crippen LogP contribution in [-0.2, 0) is 0 Å². The molecular weight excluding hydrogens is 221 g/mol. The molecule has 0 fully saturated rings. The molecule has 0 saturated heterocycles. The van der Waals surface area contributed by atoms with Crippen LogP contribution in [0.1, 0.15) is 11.4 Å². The van der Waals surface area contributed by atoms with E-state index in [0.29, 0.717) is 11.6 Å². The van der Waals surface area contributed by atoms with Gasteiger partial charge in [-0.1, -0.05) is 0 Å². The van der Waals surface area contributed by atoms with E-state index < -0.39 is 5.82 Å². The molecule has 88 valence electrons. The molecule has 1 aromatic carbocycles. The maximum absolute atomic E-state index is 13.0. The summed E-state index contributed by atoms with van der Waals surface area (Å²) in [4.78, 5) is 8.28. The molecule has 0 aliphatic carbocycles. The molecule has 0 atom stereocenters. The Balaban J connectivity index is 2.31. The minimum absolute atomic E-state index is 0.238. The molecule has 2 aromatic rings. The minimum atomic E-state index is -0.411. The highest BCUT2D eigenvalue weighted by Gasteiger charge is 2.06. The van der Waals surface area contributed by atoms with Crippen molar-refractivity contribution in [3.63, 3.8) is 0 Å². The fourth-order valence-electron chi connectivity index (χ4n) is 1.28. The number of nitrogens with two attached hydrogens (primary N) is 1. The van der Waals surface area contributed by atoms with Crippen LogP contribution in [0.4, 0.5) is 10.1 Å². The Hall–Kier alpha value is -2.17. The Morgan fingerprint density at radius 1 is 1.24 bits per heavy atom. The second-order valence-corrected chi connectivity index (χ2v) is 3.66. The van der Waals surface area contributed by atoms with Gasteiger partial charge < -0.3 is 10.5 Å². The molecule has 0 saturated carbocycles. The SMILES string of the molecule is Cc1ncc(Oc2cc(F)ccc2N)nc1C. The van der Waals surface area contributed by atoms with Crippen LogP contribution in [0.25, 0.3) is 0 Å². The van der Waals surface area contributed by atoms with Gasteiger partial charge in [0.25, 0.3) is 0 Å². The zero-order chi connectivity index (χ0) is 12.4. The number of hydrogen-bond donors (Lipinski definition) is 1. The molecule has 4 nitrogen and oxygen atoms in total. The molecule has 2 rings (SSSR count). The van der Waals surface area contributed by atoms with Gasteiger partial charge in [-0.15, -0.1) is 0 Å². The quantitative estimate of drug-likeness (QED) is 0.810. The summed E-state index contributed by atoms with van der Waals surface area (Å²) >= 11 is 0. The number of nitrogen functional groups attached to an aromatic ring is 1. The van der Waals surface area contributed by atoms with Gasteiger partial charge in [0.05, 0.1) is 23.3 Å². The van der Waals surface area contributed by atoms with Gasteiger partial charge >= 0.3 is 0 Å². The lowest BCUT2D eigenvalue weighted by molar-refractivity contribution is 0.455. The highest BCUT2D eigenvalue weighted by atomic mass is 19.1. The molecule has 0 amide bonds. The Kier molecular flexibility index (Phi) is 2.91. The van der Waals surface area contributed by atoms with E-state index in [4.69, 9.17) is 10.5 Å². The third-order valence-corrected chi connectivity index (χ3v) is 2.36. The van der Waals surface area contributed by atoms with E-state index in [-0.39, 0.29) is 5.75 Å². The molecule has 1 aromatic heterocycles. The molecule has 1 heterocycles. The summed E-state index contributed by atoms with van der Waals surface area (Å²) in [5.41, 5.74) is 7.60. The summed E-state index contributed by atoms with van der Waals surface area (Å²) in [6.07, 6.45) is 1.48. The maximum Gasteiger partial charge on any atom is 0.238 e. The van der Waals surface area contributed by atoms with E-state index in [9.17, 15) is 4.39 Å². The number of rotatable bonds is 2. The molecule has 0 radical (unpaired) electrons. The van der Waals surface area contributed by atoms with E-state index in [2.05, 4.69) is 9.97 Å². The Morgan fingerprint density at radius 2 is 2.00 bits per heavy atom. The minimum Gasteiger partial charge on any atom is -0.435 e. The highest BCUT2D eigenvalue weighted by Crippen LogP contribution is 2.26. The number of aryl methyl sites for hydroxylation is 2. The molecule has 17 heavy (non-hydrogen) atoms. The van der Waals surface area contributed by atoms with Gasteiger partial charge in [-0.25, -0.2) is 9.37 Å². The van der Waals surface area contributed by atoms with Crippen LogP contribution in [-0.4, -0.2) is 9.97 Å². The third kappa shape index (κ3) is 2.50. The number of halogens is 1. The number of benzene rings is 1. The number of hydrogen-bond acceptors (Lipinski definition) is 4. The number of ether oxygens (including phenoxy) is 1. The van der Waals surface area contributed by atoms with E-state index in [0.717, 1.165) is 11.4 Å². The van der Waals surface area contributed by atoms with Crippen molar-refractivity contribution in [3.05, 3.63) is 41.6 Å². The van der Waals surface area contributed by atoms with Crippen molar-refractivity contribution in [2.75, 3.05) is 5.73 Å². The van der Waals surface area contributed by atoms with Crippen molar-refractivity contribution in [1.82, 2.24) is 9.97 Å². The second kappa shape index (κ2) is 4.37. The van der Waals surface area contributed by atoms with Crippen LogP contribution in [0.2, 0.25) is 0 Å². The van der Waals surface area contributed by atoms with Crippen molar-refractivity contribution in [2.24, 2.45) is 0 Å². The highest BCUT2D eigenvalue weighted by molar-refractivity contribution is 5.53. The van der Waals surface area contributed by atoms with Crippen LogP contribution in [0.5, 0.6) is 11.6 Å². The standard InChI is InChI=1S/C12H12FN3O/c1-7-8(2)16-12(6-15-7)17-11-5-9(13)3-4-10(11)14/h3-6H,14H2,1-2H3. The Labute approximate surface area is 98.3 Å². The van der Waals surface area contributed by atoms with Crippen molar-refractivity contribution >= 4 is 5.69 Å². The van der Waals surface area contributed by atoms with Crippen LogP contribution in [0.15, 0.2) is 24.4 Å².